The smallest absolute Gasteiger partial charge is 0.0105 e. The van der Waals surface area contributed by atoms with Crippen LogP contribution in [-0.4, -0.2) is 37.6 Å². The molecule has 0 saturated carbocycles. The molecule has 1 fully saturated rings. The highest BCUT2D eigenvalue weighted by molar-refractivity contribution is 4.76. The van der Waals surface area contributed by atoms with Crippen molar-refractivity contribution in [3.63, 3.8) is 0 Å². The van der Waals surface area contributed by atoms with Gasteiger partial charge >= 0.3 is 0 Å². The van der Waals surface area contributed by atoms with E-state index in [0.717, 1.165) is 6.04 Å². The molecule has 0 aromatic heterocycles. The third-order valence-electron chi connectivity index (χ3n) is 2.75. The van der Waals surface area contributed by atoms with Gasteiger partial charge in [0.1, 0.15) is 0 Å². The van der Waals surface area contributed by atoms with Crippen LogP contribution in [0.1, 0.15) is 32.6 Å². The average molecular weight is 170 g/mol. The van der Waals surface area contributed by atoms with Crippen molar-refractivity contribution in [2.45, 2.75) is 38.6 Å². The maximum atomic E-state index is 3.46. The molecule has 0 spiro atoms. The fourth-order valence-electron chi connectivity index (χ4n) is 1.91. The zero-order valence-electron chi connectivity index (χ0n) is 8.47. The largest absolute Gasteiger partial charge is 0.317 e. The second-order valence-electron chi connectivity index (χ2n) is 3.82. The predicted molar refractivity (Wildman–Crippen MR) is 53.4 cm³/mol. The molecule has 0 radical (unpaired) electrons. The third-order valence-corrected chi connectivity index (χ3v) is 2.75. The summed E-state index contributed by atoms with van der Waals surface area (Å²) in [5.41, 5.74) is 0. The molecule has 1 unspecified atom stereocenters. The minimum absolute atomic E-state index is 0.856. The summed E-state index contributed by atoms with van der Waals surface area (Å²) < 4.78 is 0. The van der Waals surface area contributed by atoms with Crippen LogP contribution in [0.25, 0.3) is 0 Å². The van der Waals surface area contributed by atoms with Crippen LogP contribution in [0, 0.1) is 0 Å². The van der Waals surface area contributed by atoms with Crippen LogP contribution in [0.4, 0.5) is 0 Å². The maximum Gasteiger partial charge on any atom is 0.0105 e. The summed E-state index contributed by atoms with van der Waals surface area (Å²) in [7, 11) is 2.25. The van der Waals surface area contributed by atoms with Gasteiger partial charge in [-0.3, -0.25) is 0 Å². The number of nitrogens with zero attached hydrogens (tertiary/aromatic N) is 1. The Bertz CT molecular complexity index is 114. The zero-order valence-corrected chi connectivity index (χ0v) is 8.47. The van der Waals surface area contributed by atoms with E-state index in [-0.39, 0.29) is 0 Å². The van der Waals surface area contributed by atoms with Gasteiger partial charge in [-0.25, -0.2) is 0 Å². The van der Waals surface area contributed by atoms with Crippen LogP contribution < -0.4 is 5.32 Å². The molecular formula is C10H22N2. The van der Waals surface area contributed by atoms with E-state index < -0.39 is 0 Å². The minimum atomic E-state index is 0.856. The Labute approximate surface area is 76.3 Å². The zero-order chi connectivity index (χ0) is 8.81. The van der Waals surface area contributed by atoms with Crippen molar-refractivity contribution in [3.05, 3.63) is 0 Å². The Morgan fingerprint density at radius 1 is 1.42 bits per heavy atom. The summed E-state index contributed by atoms with van der Waals surface area (Å²) in [4.78, 5) is 2.49. The summed E-state index contributed by atoms with van der Waals surface area (Å²) in [6.07, 6.45) is 5.39. The van der Waals surface area contributed by atoms with Crippen LogP contribution in [0.15, 0.2) is 0 Å². The van der Waals surface area contributed by atoms with E-state index in [0.29, 0.717) is 0 Å². The normalized spacial score (nSPS) is 25.0. The molecule has 1 rings (SSSR count). The highest BCUT2D eigenvalue weighted by Gasteiger charge is 2.19. The first-order valence-corrected chi connectivity index (χ1v) is 5.25. The number of nitrogens with one attached hydrogen (secondary N) is 1. The molecule has 1 aliphatic rings. The van der Waals surface area contributed by atoms with E-state index in [9.17, 15) is 0 Å². The molecular weight excluding hydrogens is 148 g/mol. The first-order valence-electron chi connectivity index (χ1n) is 5.25. The van der Waals surface area contributed by atoms with Crippen molar-refractivity contribution in [2.75, 3.05) is 26.7 Å². The molecule has 72 valence electrons. The summed E-state index contributed by atoms with van der Waals surface area (Å²) in [5.74, 6) is 0. The van der Waals surface area contributed by atoms with Gasteiger partial charge in [-0.15, -0.1) is 0 Å². The average Bonchev–Trinajstić information content (AvgIpc) is 2.46. The lowest BCUT2D eigenvalue weighted by molar-refractivity contribution is 0.294. The van der Waals surface area contributed by atoms with E-state index >= 15 is 0 Å². The Hall–Kier alpha value is -0.0800. The summed E-state index contributed by atoms with van der Waals surface area (Å²) in [5, 5.41) is 3.46. The number of hydrogen-bond donors (Lipinski definition) is 1. The molecule has 1 aliphatic heterocycles. The minimum Gasteiger partial charge on any atom is -0.317 e. The Morgan fingerprint density at radius 2 is 2.25 bits per heavy atom. The Balaban J connectivity index is 1.98. The standard InChI is InChI=1S/C10H22N2/c1-3-7-11-8-6-10-5-4-9-12(10)2/h10-11H,3-9H2,1-2H3. The number of rotatable bonds is 5. The molecule has 1 atom stereocenters. The van der Waals surface area contributed by atoms with Crippen LogP contribution in [-0.2, 0) is 0 Å². The second kappa shape index (κ2) is 5.55. The molecule has 0 aliphatic carbocycles. The van der Waals surface area contributed by atoms with Gasteiger partial charge < -0.3 is 10.2 Å². The van der Waals surface area contributed by atoms with Crippen molar-refractivity contribution in [1.29, 1.82) is 0 Å². The summed E-state index contributed by atoms with van der Waals surface area (Å²) in [6, 6.07) is 0.856. The van der Waals surface area contributed by atoms with Gasteiger partial charge in [-0.2, -0.15) is 0 Å². The van der Waals surface area contributed by atoms with Crippen molar-refractivity contribution in [3.8, 4) is 0 Å². The van der Waals surface area contributed by atoms with Gasteiger partial charge in [0.25, 0.3) is 0 Å². The highest BCUT2D eigenvalue weighted by atomic mass is 15.1. The SMILES string of the molecule is CCCNCCC1CCCN1C. The Morgan fingerprint density at radius 3 is 2.83 bits per heavy atom. The van der Waals surface area contributed by atoms with Crippen molar-refractivity contribution in [1.82, 2.24) is 10.2 Å². The van der Waals surface area contributed by atoms with Gasteiger partial charge in [0.05, 0.1) is 0 Å². The highest BCUT2D eigenvalue weighted by Crippen LogP contribution is 2.16. The van der Waals surface area contributed by atoms with Crippen LogP contribution >= 0.6 is 0 Å². The lowest BCUT2D eigenvalue weighted by Crippen LogP contribution is -2.29. The summed E-state index contributed by atoms with van der Waals surface area (Å²) >= 11 is 0. The molecule has 1 saturated heterocycles. The van der Waals surface area contributed by atoms with Gasteiger partial charge in [0, 0.05) is 6.04 Å². The van der Waals surface area contributed by atoms with Gasteiger partial charge in [0.15, 0.2) is 0 Å². The van der Waals surface area contributed by atoms with Crippen molar-refractivity contribution >= 4 is 0 Å². The fourth-order valence-corrected chi connectivity index (χ4v) is 1.91. The fraction of sp³-hybridized carbons (Fsp3) is 1.00. The van der Waals surface area contributed by atoms with Crippen LogP contribution in [0.3, 0.4) is 0 Å². The topological polar surface area (TPSA) is 15.3 Å². The van der Waals surface area contributed by atoms with Gasteiger partial charge in [-0.1, -0.05) is 6.92 Å². The molecule has 0 amide bonds. The molecule has 2 nitrogen and oxygen atoms in total. The monoisotopic (exact) mass is 170 g/mol. The lowest BCUT2D eigenvalue weighted by atomic mass is 10.1. The Kier molecular flexibility index (Phi) is 4.62. The number of hydrogen-bond acceptors (Lipinski definition) is 2. The molecule has 0 aromatic rings. The number of likely N-dealkylation sites (tertiary alicyclic amines) is 1. The first kappa shape index (κ1) is 10.0. The lowest BCUT2D eigenvalue weighted by Gasteiger charge is -2.19. The van der Waals surface area contributed by atoms with Gasteiger partial charge in [-0.05, 0) is 52.4 Å². The molecule has 2 heteroatoms. The van der Waals surface area contributed by atoms with E-state index in [4.69, 9.17) is 0 Å². The van der Waals surface area contributed by atoms with E-state index in [2.05, 4.69) is 24.2 Å². The van der Waals surface area contributed by atoms with Crippen LogP contribution in [0.2, 0.25) is 0 Å². The second-order valence-corrected chi connectivity index (χ2v) is 3.82. The quantitative estimate of drug-likeness (QED) is 0.629. The third kappa shape index (κ3) is 3.11. The van der Waals surface area contributed by atoms with Crippen molar-refractivity contribution < 1.29 is 0 Å². The van der Waals surface area contributed by atoms with E-state index in [1.54, 1.807) is 0 Å². The summed E-state index contributed by atoms with van der Waals surface area (Å²) in [6.45, 7) is 5.90. The van der Waals surface area contributed by atoms with Crippen LogP contribution in [0.5, 0.6) is 0 Å². The molecule has 12 heavy (non-hydrogen) atoms. The first-order chi connectivity index (χ1) is 5.84. The molecule has 0 bridgehead atoms. The van der Waals surface area contributed by atoms with E-state index in [1.807, 2.05) is 0 Å². The van der Waals surface area contributed by atoms with Crippen molar-refractivity contribution in [2.24, 2.45) is 0 Å². The molecule has 0 aromatic carbocycles. The molecule has 1 N–H and O–H groups in total. The molecule has 1 heterocycles. The van der Waals surface area contributed by atoms with E-state index in [1.165, 1.54) is 45.3 Å². The van der Waals surface area contributed by atoms with Gasteiger partial charge in [0.2, 0.25) is 0 Å². The predicted octanol–water partition coefficient (Wildman–Crippen LogP) is 1.47. The maximum absolute atomic E-state index is 3.46.